The predicted octanol–water partition coefficient (Wildman–Crippen LogP) is 3.30. The van der Waals surface area contributed by atoms with Crippen molar-refractivity contribution >= 4 is 28.5 Å². The van der Waals surface area contributed by atoms with Gasteiger partial charge in [0.1, 0.15) is 5.82 Å². The molecule has 0 aliphatic carbocycles. The molecule has 0 unspecified atom stereocenters. The fourth-order valence-corrected chi connectivity index (χ4v) is 2.36. The minimum Gasteiger partial charge on any atom is -0.338 e. The van der Waals surface area contributed by atoms with Crippen LogP contribution in [0.1, 0.15) is 23.2 Å². The summed E-state index contributed by atoms with van der Waals surface area (Å²) in [5.74, 6) is -3.83. The minimum atomic E-state index is -2.71. The van der Waals surface area contributed by atoms with Crippen molar-refractivity contribution in [2.75, 3.05) is 13.1 Å². The number of carbonyl (C=O) groups is 1. The fraction of sp³-hybridized carbons (Fsp3) is 0.417. The lowest BCUT2D eigenvalue weighted by molar-refractivity contribution is -0.0494. The van der Waals surface area contributed by atoms with Gasteiger partial charge in [-0.05, 0) is 40.8 Å². The van der Waals surface area contributed by atoms with E-state index in [0.717, 1.165) is 3.57 Å². The molecule has 0 atom stereocenters. The summed E-state index contributed by atoms with van der Waals surface area (Å²) in [6, 6.07) is 4.20. The monoisotopic (exact) mass is 369 g/mol. The van der Waals surface area contributed by atoms with Crippen LogP contribution in [-0.2, 0) is 0 Å². The maximum Gasteiger partial charge on any atom is 0.256 e. The third-order valence-corrected chi connectivity index (χ3v) is 3.61. The highest BCUT2D eigenvalue weighted by Crippen LogP contribution is 2.28. The number of hydrogen-bond acceptors (Lipinski definition) is 1. The second-order valence-corrected chi connectivity index (χ2v) is 5.52. The van der Waals surface area contributed by atoms with E-state index in [1.165, 1.54) is 17.0 Å². The smallest absolute Gasteiger partial charge is 0.256 e. The fourth-order valence-electron chi connectivity index (χ4n) is 1.87. The van der Waals surface area contributed by atoms with Crippen molar-refractivity contribution in [2.45, 2.75) is 18.8 Å². The summed E-state index contributed by atoms with van der Waals surface area (Å²) in [7, 11) is 0. The Bertz CT molecular complexity index is 468. The Morgan fingerprint density at radius 2 is 1.89 bits per heavy atom. The lowest BCUT2D eigenvalue weighted by atomic mass is 10.1. The van der Waals surface area contributed by atoms with Crippen LogP contribution in [0, 0.1) is 9.39 Å². The van der Waals surface area contributed by atoms with E-state index in [0.29, 0.717) is 0 Å². The SMILES string of the molecule is O=C(c1cc(I)ccc1F)N1CCC(F)(F)CC1. The first kappa shape index (κ1) is 13.6. The van der Waals surface area contributed by atoms with Crippen molar-refractivity contribution in [3.8, 4) is 0 Å². The lowest BCUT2D eigenvalue weighted by Gasteiger charge is -2.31. The zero-order valence-electron chi connectivity index (χ0n) is 9.43. The first-order valence-corrected chi connectivity index (χ1v) is 6.59. The Kier molecular flexibility index (Phi) is 3.84. The number of nitrogens with zero attached hydrogens (tertiary/aromatic N) is 1. The maximum absolute atomic E-state index is 13.5. The van der Waals surface area contributed by atoms with E-state index in [2.05, 4.69) is 0 Å². The van der Waals surface area contributed by atoms with Gasteiger partial charge in [0.05, 0.1) is 5.56 Å². The van der Waals surface area contributed by atoms with Crippen LogP contribution < -0.4 is 0 Å². The van der Waals surface area contributed by atoms with Crippen molar-refractivity contribution in [3.63, 3.8) is 0 Å². The highest BCUT2D eigenvalue weighted by molar-refractivity contribution is 14.1. The van der Waals surface area contributed by atoms with Gasteiger partial charge in [0, 0.05) is 29.5 Å². The van der Waals surface area contributed by atoms with E-state index >= 15 is 0 Å². The van der Waals surface area contributed by atoms with Gasteiger partial charge in [-0.1, -0.05) is 0 Å². The number of benzene rings is 1. The molecule has 1 heterocycles. The van der Waals surface area contributed by atoms with Gasteiger partial charge in [0.15, 0.2) is 0 Å². The number of hydrogen-bond donors (Lipinski definition) is 0. The summed E-state index contributed by atoms with van der Waals surface area (Å²) in [6.07, 6.45) is -0.714. The van der Waals surface area contributed by atoms with E-state index in [-0.39, 0.29) is 31.5 Å². The van der Waals surface area contributed by atoms with E-state index in [1.54, 1.807) is 6.07 Å². The zero-order valence-corrected chi connectivity index (χ0v) is 11.6. The van der Waals surface area contributed by atoms with Crippen molar-refractivity contribution in [3.05, 3.63) is 33.1 Å². The first-order valence-electron chi connectivity index (χ1n) is 5.51. The van der Waals surface area contributed by atoms with Crippen LogP contribution in [0.4, 0.5) is 13.2 Å². The Labute approximate surface area is 116 Å². The van der Waals surface area contributed by atoms with Crippen molar-refractivity contribution in [1.82, 2.24) is 4.90 Å². The Hall–Kier alpha value is -0.790. The maximum atomic E-state index is 13.5. The van der Waals surface area contributed by atoms with Gasteiger partial charge in [0.25, 0.3) is 11.8 Å². The third-order valence-electron chi connectivity index (χ3n) is 2.94. The molecule has 0 aromatic heterocycles. The van der Waals surface area contributed by atoms with E-state index in [4.69, 9.17) is 0 Å². The normalized spacial score (nSPS) is 18.8. The number of amides is 1. The van der Waals surface area contributed by atoms with Gasteiger partial charge in [-0.2, -0.15) is 0 Å². The van der Waals surface area contributed by atoms with Gasteiger partial charge in [-0.15, -0.1) is 0 Å². The lowest BCUT2D eigenvalue weighted by Crippen LogP contribution is -2.43. The summed E-state index contributed by atoms with van der Waals surface area (Å²) < 4.78 is 40.2. The molecule has 18 heavy (non-hydrogen) atoms. The molecule has 0 saturated carbocycles. The number of likely N-dealkylation sites (tertiary alicyclic amines) is 1. The molecule has 2 rings (SSSR count). The number of carbonyl (C=O) groups excluding carboxylic acids is 1. The molecule has 6 heteroatoms. The Morgan fingerprint density at radius 1 is 1.28 bits per heavy atom. The predicted molar refractivity (Wildman–Crippen MR) is 69.2 cm³/mol. The van der Waals surface area contributed by atoms with Crippen molar-refractivity contribution in [1.29, 1.82) is 0 Å². The van der Waals surface area contributed by atoms with Gasteiger partial charge < -0.3 is 4.90 Å². The number of rotatable bonds is 1. The molecular formula is C12H11F3INO. The minimum absolute atomic E-state index is 0.0310. The second kappa shape index (κ2) is 5.07. The highest BCUT2D eigenvalue weighted by atomic mass is 127. The van der Waals surface area contributed by atoms with E-state index < -0.39 is 17.6 Å². The summed E-state index contributed by atoms with van der Waals surface area (Å²) in [6.45, 7) is -0.0620. The molecular weight excluding hydrogens is 358 g/mol. The van der Waals surface area contributed by atoms with Crippen LogP contribution in [0.15, 0.2) is 18.2 Å². The van der Waals surface area contributed by atoms with Crippen LogP contribution in [-0.4, -0.2) is 29.8 Å². The molecule has 1 fully saturated rings. The quantitative estimate of drug-likeness (QED) is 0.696. The summed E-state index contributed by atoms with van der Waals surface area (Å²) in [5.41, 5.74) is -0.0490. The number of piperidine rings is 1. The molecule has 0 spiro atoms. The van der Waals surface area contributed by atoms with Gasteiger partial charge in [-0.25, -0.2) is 13.2 Å². The molecule has 1 saturated heterocycles. The summed E-state index contributed by atoms with van der Waals surface area (Å²) in [4.78, 5) is 13.3. The first-order chi connectivity index (χ1) is 8.39. The van der Waals surface area contributed by atoms with Gasteiger partial charge in [-0.3, -0.25) is 4.79 Å². The number of halogens is 4. The molecule has 0 N–H and O–H groups in total. The molecule has 0 radical (unpaired) electrons. The summed E-state index contributed by atoms with van der Waals surface area (Å²) in [5, 5.41) is 0. The van der Waals surface area contributed by atoms with Gasteiger partial charge in [0.2, 0.25) is 0 Å². The zero-order chi connectivity index (χ0) is 13.3. The molecule has 1 amide bonds. The second-order valence-electron chi connectivity index (χ2n) is 4.27. The van der Waals surface area contributed by atoms with Crippen LogP contribution >= 0.6 is 22.6 Å². The molecule has 1 aliphatic rings. The standard InChI is InChI=1S/C12H11F3INO/c13-10-2-1-8(16)7-9(10)11(18)17-5-3-12(14,15)4-6-17/h1-2,7H,3-6H2. The average molecular weight is 369 g/mol. The molecule has 98 valence electrons. The van der Waals surface area contributed by atoms with Crippen LogP contribution in [0.3, 0.4) is 0 Å². The van der Waals surface area contributed by atoms with Crippen LogP contribution in [0.2, 0.25) is 0 Å². The van der Waals surface area contributed by atoms with E-state index in [9.17, 15) is 18.0 Å². The molecule has 2 nitrogen and oxygen atoms in total. The number of alkyl halides is 2. The highest BCUT2D eigenvalue weighted by Gasteiger charge is 2.36. The van der Waals surface area contributed by atoms with Crippen molar-refractivity contribution < 1.29 is 18.0 Å². The Balaban J connectivity index is 2.15. The topological polar surface area (TPSA) is 20.3 Å². The van der Waals surface area contributed by atoms with E-state index in [1.807, 2.05) is 22.6 Å². The largest absolute Gasteiger partial charge is 0.338 e. The Morgan fingerprint density at radius 3 is 2.50 bits per heavy atom. The molecule has 1 aromatic carbocycles. The van der Waals surface area contributed by atoms with Crippen molar-refractivity contribution in [2.24, 2.45) is 0 Å². The van der Waals surface area contributed by atoms with Crippen LogP contribution in [0.5, 0.6) is 0 Å². The average Bonchev–Trinajstić information content (AvgIpc) is 2.31. The molecule has 1 aromatic rings. The third kappa shape index (κ3) is 2.96. The van der Waals surface area contributed by atoms with Gasteiger partial charge >= 0.3 is 0 Å². The molecule has 1 aliphatic heterocycles. The van der Waals surface area contributed by atoms with Crippen LogP contribution in [0.25, 0.3) is 0 Å². The molecule has 0 bridgehead atoms. The summed E-state index contributed by atoms with van der Waals surface area (Å²) >= 11 is 1.97.